The lowest BCUT2D eigenvalue weighted by molar-refractivity contribution is 0.273. The van der Waals surface area contributed by atoms with Crippen molar-refractivity contribution < 1.29 is 8.78 Å². The van der Waals surface area contributed by atoms with Crippen molar-refractivity contribution in [3.8, 4) is 0 Å². The SMILES string of the molecule is CC1(C)C[C@H]2c3ccc(F)cc3C(C)(C)C[C@@H]2c2ccc(F)cc21. The summed E-state index contributed by atoms with van der Waals surface area (Å²) in [6, 6.07) is 10.6. The molecule has 2 heteroatoms. The first-order valence-electron chi connectivity index (χ1n) is 8.79. The van der Waals surface area contributed by atoms with E-state index in [2.05, 4.69) is 27.7 Å². The minimum atomic E-state index is -0.155. The van der Waals surface area contributed by atoms with Gasteiger partial charge in [-0.05, 0) is 82.0 Å². The van der Waals surface area contributed by atoms with Gasteiger partial charge in [0, 0.05) is 0 Å². The Balaban J connectivity index is 1.94. The lowest BCUT2D eigenvalue weighted by Gasteiger charge is -2.50. The van der Waals surface area contributed by atoms with Crippen LogP contribution in [-0.2, 0) is 10.8 Å². The van der Waals surface area contributed by atoms with Gasteiger partial charge >= 0.3 is 0 Å². The molecular weight excluding hydrogens is 302 g/mol. The van der Waals surface area contributed by atoms with Crippen LogP contribution in [-0.4, -0.2) is 0 Å². The zero-order valence-electron chi connectivity index (χ0n) is 14.8. The molecule has 2 atom stereocenters. The van der Waals surface area contributed by atoms with Crippen molar-refractivity contribution in [2.45, 2.75) is 63.2 Å². The molecule has 0 spiro atoms. The van der Waals surface area contributed by atoms with Gasteiger partial charge in [0.05, 0.1) is 0 Å². The molecule has 126 valence electrons. The largest absolute Gasteiger partial charge is 0.207 e. The summed E-state index contributed by atoms with van der Waals surface area (Å²) in [5.41, 5.74) is 4.69. The average Bonchev–Trinajstić information content (AvgIpc) is 2.49. The maximum Gasteiger partial charge on any atom is 0.123 e. The van der Waals surface area contributed by atoms with E-state index in [4.69, 9.17) is 0 Å². The van der Waals surface area contributed by atoms with Crippen LogP contribution in [0.3, 0.4) is 0 Å². The Labute approximate surface area is 142 Å². The molecule has 0 saturated carbocycles. The van der Waals surface area contributed by atoms with Crippen molar-refractivity contribution in [1.29, 1.82) is 0 Å². The third-order valence-corrected chi connectivity index (χ3v) is 6.23. The summed E-state index contributed by atoms with van der Waals surface area (Å²) in [7, 11) is 0. The summed E-state index contributed by atoms with van der Waals surface area (Å²) >= 11 is 0. The van der Waals surface area contributed by atoms with Crippen LogP contribution < -0.4 is 0 Å². The molecule has 0 fully saturated rings. The first-order chi connectivity index (χ1) is 11.2. The smallest absolute Gasteiger partial charge is 0.123 e. The third-order valence-electron chi connectivity index (χ3n) is 6.23. The van der Waals surface area contributed by atoms with Gasteiger partial charge in [0.2, 0.25) is 0 Å². The van der Waals surface area contributed by atoms with Crippen LogP contribution in [0.4, 0.5) is 8.78 Å². The van der Waals surface area contributed by atoms with E-state index >= 15 is 0 Å². The number of halogens is 2. The van der Waals surface area contributed by atoms with Gasteiger partial charge in [-0.15, -0.1) is 0 Å². The number of hydrogen-bond acceptors (Lipinski definition) is 0. The molecule has 0 aliphatic heterocycles. The highest BCUT2D eigenvalue weighted by Gasteiger charge is 2.46. The Bertz CT molecular complexity index is 747. The van der Waals surface area contributed by atoms with E-state index in [1.807, 2.05) is 12.1 Å². The summed E-state index contributed by atoms with van der Waals surface area (Å²) in [6.45, 7) is 8.80. The lowest BCUT2D eigenvalue weighted by atomic mass is 9.54. The van der Waals surface area contributed by atoms with E-state index in [-0.39, 0.29) is 22.5 Å². The third kappa shape index (κ3) is 2.22. The summed E-state index contributed by atoms with van der Waals surface area (Å²) in [5.74, 6) is 0.443. The lowest BCUT2D eigenvalue weighted by Crippen LogP contribution is -2.39. The highest BCUT2D eigenvalue weighted by molar-refractivity contribution is 5.49. The van der Waals surface area contributed by atoms with E-state index in [9.17, 15) is 8.78 Å². The van der Waals surface area contributed by atoms with Crippen LogP contribution >= 0.6 is 0 Å². The summed E-state index contributed by atoms with van der Waals surface area (Å²) in [4.78, 5) is 0. The predicted molar refractivity (Wildman–Crippen MR) is 93.6 cm³/mol. The molecule has 2 aliphatic rings. The van der Waals surface area contributed by atoms with Crippen LogP contribution in [0, 0.1) is 11.6 Å². The van der Waals surface area contributed by atoms with Crippen LogP contribution in [0.5, 0.6) is 0 Å². The Morgan fingerprint density at radius 3 is 1.46 bits per heavy atom. The monoisotopic (exact) mass is 326 g/mol. The normalized spacial score (nSPS) is 26.2. The molecule has 24 heavy (non-hydrogen) atoms. The molecular formula is C22H24F2. The number of hydrogen-bond donors (Lipinski definition) is 0. The van der Waals surface area contributed by atoms with Gasteiger partial charge < -0.3 is 0 Å². The van der Waals surface area contributed by atoms with Gasteiger partial charge in [-0.3, -0.25) is 0 Å². The molecule has 0 aromatic heterocycles. The molecule has 0 saturated heterocycles. The first-order valence-corrected chi connectivity index (χ1v) is 8.79. The van der Waals surface area contributed by atoms with Crippen molar-refractivity contribution in [3.05, 3.63) is 70.3 Å². The van der Waals surface area contributed by atoms with E-state index in [0.717, 1.165) is 24.0 Å². The van der Waals surface area contributed by atoms with E-state index in [0.29, 0.717) is 11.8 Å². The highest BCUT2D eigenvalue weighted by atomic mass is 19.1. The van der Waals surface area contributed by atoms with Crippen molar-refractivity contribution >= 4 is 0 Å². The molecule has 0 N–H and O–H groups in total. The molecule has 4 rings (SSSR count). The summed E-state index contributed by atoms with van der Waals surface area (Å²) in [5, 5.41) is 0. The van der Waals surface area contributed by atoms with Crippen LogP contribution in [0.2, 0.25) is 0 Å². The zero-order valence-corrected chi connectivity index (χ0v) is 14.8. The Morgan fingerprint density at radius 2 is 1.08 bits per heavy atom. The van der Waals surface area contributed by atoms with Gasteiger partial charge in [-0.2, -0.15) is 0 Å². The number of rotatable bonds is 0. The van der Waals surface area contributed by atoms with E-state index in [1.165, 1.54) is 11.1 Å². The highest BCUT2D eigenvalue weighted by Crippen LogP contribution is 2.58. The van der Waals surface area contributed by atoms with E-state index in [1.54, 1.807) is 24.3 Å². The fourth-order valence-corrected chi connectivity index (χ4v) is 5.13. The molecule has 2 aliphatic carbocycles. The predicted octanol–water partition coefficient (Wildman–Crippen LogP) is 6.19. The van der Waals surface area contributed by atoms with E-state index < -0.39 is 0 Å². The number of benzene rings is 2. The van der Waals surface area contributed by atoms with Gasteiger partial charge in [-0.25, -0.2) is 8.78 Å². The number of fused-ring (bicyclic) bond motifs is 5. The minimum absolute atomic E-state index is 0.0776. The fourth-order valence-electron chi connectivity index (χ4n) is 5.13. The Kier molecular flexibility index (Phi) is 3.23. The van der Waals surface area contributed by atoms with Crippen LogP contribution in [0.25, 0.3) is 0 Å². The Hall–Kier alpha value is -1.70. The molecule has 2 aromatic carbocycles. The van der Waals surface area contributed by atoms with Crippen LogP contribution in [0.1, 0.15) is 74.6 Å². The molecule has 0 amide bonds. The molecule has 0 unspecified atom stereocenters. The Morgan fingerprint density at radius 1 is 0.708 bits per heavy atom. The zero-order chi connectivity index (χ0) is 17.3. The minimum Gasteiger partial charge on any atom is -0.207 e. The van der Waals surface area contributed by atoms with Gasteiger partial charge in [-0.1, -0.05) is 39.8 Å². The molecule has 0 nitrogen and oxygen atoms in total. The molecule has 0 heterocycles. The quantitative estimate of drug-likeness (QED) is 0.541. The molecule has 0 radical (unpaired) electrons. The second-order valence-electron chi connectivity index (χ2n) is 8.85. The van der Waals surface area contributed by atoms with Gasteiger partial charge in [0.25, 0.3) is 0 Å². The van der Waals surface area contributed by atoms with Crippen LogP contribution in [0.15, 0.2) is 36.4 Å². The van der Waals surface area contributed by atoms with Crippen molar-refractivity contribution in [3.63, 3.8) is 0 Å². The second kappa shape index (κ2) is 4.91. The topological polar surface area (TPSA) is 0 Å². The van der Waals surface area contributed by atoms with Gasteiger partial charge in [0.1, 0.15) is 11.6 Å². The standard InChI is InChI=1S/C22H24F2/c1-21(2)11-17-16-8-6-14(24)10-20(16)22(3,4)12-18(17)15-7-5-13(23)9-19(15)21/h5-10,17-18H,11-12H2,1-4H3/t17-,18+. The first kappa shape index (κ1) is 15.8. The van der Waals surface area contributed by atoms with Crippen molar-refractivity contribution in [2.75, 3.05) is 0 Å². The van der Waals surface area contributed by atoms with Gasteiger partial charge in [0.15, 0.2) is 0 Å². The summed E-state index contributed by atoms with van der Waals surface area (Å²) in [6.07, 6.45) is 1.95. The van der Waals surface area contributed by atoms with Crippen molar-refractivity contribution in [2.24, 2.45) is 0 Å². The second-order valence-corrected chi connectivity index (χ2v) is 8.85. The maximum absolute atomic E-state index is 13.9. The fraction of sp³-hybridized carbons (Fsp3) is 0.455. The average molecular weight is 326 g/mol. The molecule has 0 bridgehead atoms. The molecule has 2 aromatic rings. The van der Waals surface area contributed by atoms with Crippen molar-refractivity contribution in [1.82, 2.24) is 0 Å². The maximum atomic E-state index is 13.9. The summed E-state index contributed by atoms with van der Waals surface area (Å²) < 4.78 is 27.7.